The fourth-order valence-electron chi connectivity index (χ4n) is 2.95. The van der Waals surface area contributed by atoms with Crippen molar-refractivity contribution in [3.8, 4) is 0 Å². The number of hydrogen-bond acceptors (Lipinski definition) is 5. The lowest BCUT2D eigenvalue weighted by molar-refractivity contribution is 0.407. The number of nitrogens with one attached hydrogen (secondary N) is 1. The van der Waals surface area contributed by atoms with Crippen molar-refractivity contribution < 1.29 is 12.8 Å². The molecule has 7 heteroatoms. The van der Waals surface area contributed by atoms with Crippen molar-refractivity contribution in [1.29, 1.82) is 0 Å². The zero-order valence-corrected chi connectivity index (χ0v) is 13.5. The molecule has 2 heterocycles. The van der Waals surface area contributed by atoms with Gasteiger partial charge in [0, 0.05) is 19.1 Å². The molecule has 0 aliphatic carbocycles. The van der Waals surface area contributed by atoms with E-state index in [4.69, 9.17) is 4.42 Å². The van der Waals surface area contributed by atoms with Crippen LogP contribution in [0.4, 0.5) is 6.01 Å². The van der Waals surface area contributed by atoms with Crippen LogP contribution in [0.25, 0.3) is 11.1 Å². The Morgan fingerprint density at radius 3 is 2.95 bits per heavy atom. The molecule has 0 radical (unpaired) electrons. The molecule has 3 rings (SSSR count). The first-order valence-electron chi connectivity index (χ1n) is 7.60. The molecule has 1 aliphatic heterocycles. The maximum Gasteiger partial charge on any atom is 0.298 e. The van der Waals surface area contributed by atoms with Gasteiger partial charge < -0.3 is 9.32 Å². The van der Waals surface area contributed by atoms with Crippen molar-refractivity contribution in [1.82, 2.24) is 9.71 Å². The Hall–Kier alpha value is -1.60. The smallest absolute Gasteiger partial charge is 0.298 e. The number of para-hydroxylation sites is 2. The van der Waals surface area contributed by atoms with Crippen molar-refractivity contribution in [2.24, 2.45) is 0 Å². The topological polar surface area (TPSA) is 75.4 Å². The van der Waals surface area contributed by atoms with Crippen LogP contribution < -0.4 is 9.62 Å². The number of aromatic nitrogens is 1. The number of nitrogens with zero attached hydrogens (tertiary/aromatic N) is 2. The first kappa shape index (κ1) is 15.3. The summed E-state index contributed by atoms with van der Waals surface area (Å²) in [5, 5.41) is 0. The molecule has 120 valence electrons. The van der Waals surface area contributed by atoms with E-state index in [9.17, 15) is 8.42 Å². The monoisotopic (exact) mass is 323 g/mol. The van der Waals surface area contributed by atoms with E-state index in [2.05, 4.69) is 14.6 Å². The summed E-state index contributed by atoms with van der Waals surface area (Å²) in [4.78, 5) is 6.74. The molecule has 1 aromatic carbocycles. The molecular weight excluding hydrogens is 302 g/mol. The van der Waals surface area contributed by atoms with E-state index >= 15 is 0 Å². The number of fused-ring (bicyclic) bond motifs is 1. The Morgan fingerprint density at radius 2 is 2.18 bits per heavy atom. The third kappa shape index (κ3) is 3.59. The highest BCUT2D eigenvalue weighted by molar-refractivity contribution is 7.88. The summed E-state index contributed by atoms with van der Waals surface area (Å²) in [6.07, 6.45) is 5.23. The van der Waals surface area contributed by atoms with E-state index in [1.54, 1.807) is 0 Å². The van der Waals surface area contributed by atoms with E-state index in [0.29, 0.717) is 12.6 Å². The summed E-state index contributed by atoms with van der Waals surface area (Å²) in [6, 6.07) is 8.63. The van der Waals surface area contributed by atoms with Gasteiger partial charge in [0.25, 0.3) is 6.01 Å². The number of piperidine rings is 1. The molecule has 0 amide bonds. The number of oxazole rings is 1. The van der Waals surface area contributed by atoms with Crippen LogP contribution in [0.3, 0.4) is 0 Å². The third-order valence-corrected chi connectivity index (χ3v) is 4.73. The second-order valence-corrected chi connectivity index (χ2v) is 7.60. The Labute approximate surface area is 130 Å². The molecule has 0 bridgehead atoms. The van der Waals surface area contributed by atoms with Gasteiger partial charge in [-0.1, -0.05) is 12.1 Å². The Balaban J connectivity index is 1.74. The molecule has 0 spiro atoms. The van der Waals surface area contributed by atoms with Gasteiger partial charge in [-0.15, -0.1) is 0 Å². The van der Waals surface area contributed by atoms with Gasteiger partial charge in [-0.25, -0.2) is 13.1 Å². The van der Waals surface area contributed by atoms with Gasteiger partial charge in [-0.3, -0.25) is 0 Å². The van der Waals surface area contributed by atoms with Gasteiger partial charge in [-0.05, 0) is 37.8 Å². The van der Waals surface area contributed by atoms with Crippen LogP contribution in [0.15, 0.2) is 28.7 Å². The van der Waals surface area contributed by atoms with Gasteiger partial charge in [-0.2, -0.15) is 4.98 Å². The molecular formula is C15H21N3O3S. The van der Waals surface area contributed by atoms with Crippen molar-refractivity contribution in [3.05, 3.63) is 24.3 Å². The summed E-state index contributed by atoms with van der Waals surface area (Å²) in [7, 11) is -3.14. The molecule has 1 unspecified atom stereocenters. The molecule has 0 saturated carbocycles. The van der Waals surface area contributed by atoms with E-state index in [-0.39, 0.29) is 6.04 Å². The standard InChI is InChI=1S/C15H21N3O3S/c1-22(19,20)16-10-9-12-6-4-5-11-18(12)15-17-13-7-2-3-8-14(13)21-15/h2-3,7-8,12,16H,4-6,9-11H2,1H3. The molecule has 1 N–H and O–H groups in total. The van der Waals surface area contributed by atoms with Crippen LogP contribution in [0.5, 0.6) is 0 Å². The van der Waals surface area contributed by atoms with Crippen molar-refractivity contribution in [2.75, 3.05) is 24.2 Å². The molecule has 1 aromatic heterocycles. The summed E-state index contributed by atoms with van der Waals surface area (Å²) >= 11 is 0. The normalized spacial score (nSPS) is 19.7. The van der Waals surface area contributed by atoms with Gasteiger partial charge in [0.1, 0.15) is 5.52 Å². The van der Waals surface area contributed by atoms with Crippen LogP contribution >= 0.6 is 0 Å². The van der Waals surface area contributed by atoms with Gasteiger partial charge in [0.05, 0.1) is 6.26 Å². The van der Waals surface area contributed by atoms with Crippen molar-refractivity contribution in [3.63, 3.8) is 0 Å². The Kier molecular flexibility index (Phi) is 4.35. The predicted molar refractivity (Wildman–Crippen MR) is 86.5 cm³/mol. The minimum atomic E-state index is -3.14. The van der Waals surface area contributed by atoms with Crippen molar-refractivity contribution in [2.45, 2.75) is 31.7 Å². The fraction of sp³-hybridized carbons (Fsp3) is 0.533. The number of rotatable bonds is 5. The maximum atomic E-state index is 11.2. The number of anilines is 1. The average molecular weight is 323 g/mol. The summed E-state index contributed by atoms with van der Waals surface area (Å²) in [6.45, 7) is 1.34. The SMILES string of the molecule is CS(=O)(=O)NCCC1CCCCN1c1nc2ccccc2o1. The maximum absolute atomic E-state index is 11.2. The molecule has 1 aliphatic rings. The highest BCUT2D eigenvalue weighted by Gasteiger charge is 2.26. The summed E-state index contributed by atoms with van der Waals surface area (Å²) < 4.78 is 30.8. The Morgan fingerprint density at radius 1 is 1.36 bits per heavy atom. The third-order valence-electron chi connectivity index (χ3n) is 4.00. The molecule has 1 atom stereocenters. The van der Waals surface area contributed by atoms with E-state index in [1.165, 1.54) is 6.26 Å². The minimum absolute atomic E-state index is 0.260. The molecule has 1 saturated heterocycles. The quantitative estimate of drug-likeness (QED) is 0.912. The highest BCUT2D eigenvalue weighted by Crippen LogP contribution is 2.28. The second kappa shape index (κ2) is 6.26. The fourth-order valence-corrected chi connectivity index (χ4v) is 3.43. The summed E-state index contributed by atoms with van der Waals surface area (Å²) in [5.74, 6) is 0. The zero-order valence-electron chi connectivity index (χ0n) is 12.7. The van der Waals surface area contributed by atoms with E-state index < -0.39 is 10.0 Å². The molecule has 1 fully saturated rings. The van der Waals surface area contributed by atoms with Crippen LogP contribution in [-0.4, -0.2) is 38.8 Å². The van der Waals surface area contributed by atoms with Crippen LogP contribution in [0.1, 0.15) is 25.7 Å². The molecule has 22 heavy (non-hydrogen) atoms. The lowest BCUT2D eigenvalue weighted by Crippen LogP contribution is -2.41. The lowest BCUT2D eigenvalue weighted by atomic mass is 10.00. The number of benzene rings is 1. The number of sulfonamides is 1. The average Bonchev–Trinajstić information content (AvgIpc) is 2.90. The van der Waals surface area contributed by atoms with Gasteiger partial charge in [0.2, 0.25) is 10.0 Å². The molecule has 6 nitrogen and oxygen atoms in total. The van der Waals surface area contributed by atoms with Crippen molar-refractivity contribution >= 4 is 27.1 Å². The lowest BCUT2D eigenvalue weighted by Gasteiger charge is -2.34. The largest absolute Gasteiger partial charge is 0.423 e. The highest BCUT2D eigenvalue weighted by atomic mass is 32.2. The Bertz CT molecular complexity index is 708. The van der Waals surface area contributed by atoms with Crippen LogP contribution in [0, 0.1) is 0 Å². The summed E-state index contributed by atoms with van der Waals surface area (Å²) in [5.41, 5.74) is 1.65. The molecule has 2 aromatic rings. The number of hydrogen-bond donors (Lipinski definition) is 1. The minimum Gasteiger partial charge on any atom is -0.423 e. The van der Waals surface area contributed by atoms with Crippen LogP contribution in [0.2, 0.25) is 0 Å². The van der Waals surface area contributed by atoms with Gasteiger partial charge in [0.15, 0.2) is 5.58 Å². The first-order valence-corrected chi connectivity index (χ1v) is 9.49. The van der Waals surface area contributed by atoms with E-state index in [0.717, 1.165) is 43.3 Å². The predicted octanol–water partition coefficient (Wildman–Crippen LogP) is 2.13. The van der Waals surface area contributed by atoms with Gasteiger partial charge >= 0.3 is 0 Å². The second-order valence-electron chi connectivity index (χ2n) is 5.76. The first-order chi connectivity index (χ1) is 10.5. The zero-order chi connectivity index (χ0) is 15.6. The van der Waals surface area contributed by atoms with E-state index in [1.807, 2.05) is 24.3 Å². The van der Waals surface area contributed by atoms with Crippen LogP contribution in [-0.2, 0) is 10.0 Å².